The fraction of sp³-hybridized carbons (Fsp3) is 0.500. The maximum absolute atomic E-state index is 5.49. The van der Waals surface area contributed by atoms with Gasteiger partial charge in [0, 0.05) is 6.61 Å². The highest BCUT2D eigenvalue weighted by atomic mass is 16.5. The molecule has 0 saturated heterocycles. The number of methoxy groups -OCH3 is 1. The molecule has 0 aromatic carbocycles. The highest BCUT2D eigenvalue weighted by Crippen LogP contribution is 2.21. The Morgan fingerprint density at radius 2 is 2.19 bits per heavy atom. The second kappa shape index (κ2) is 4.44. The first-order valence-corrected chi connectivity index (χ1v) is 5.11. The maximum atomic E-state index is 5.49. The van der Waals surface area contributed by atoms with Crippen molar-refractivity contribution in [2.45, 2.75) is 20.1 Å². The first-order valence-electron chi connectivity index (χ1n) is 5.11. The van der Waals surface area contributed by atoms with Crippen LogP contribution in [0.5, 0.6) is 5.88 Å². The Balaban J connectivity index is 2.48. The van der Waals surface area contributed by atoms with E-state index in [4.69, 9.17) is 9.47 Å². The van der Waals surface area contributed by atoms with Gasteiger partial charge in [0.2, 0.25) is 5.88 Å². The molecule has 0 bridgehead atoms. The van der Waals surface area contributed by atoms with Gasteiger partial charge in [0.1, 0.15) is 12.6 Å². The van der Waals surface area contributed by atoms with Crippen LogP contribution in [-0.2, 0) is 4.74 Å². The number of fused-ring (bicyclic) bond motifs is 1. The molecule has 0 aliphatic rings. The molecular formula is C10H14N4O2. The molecule has 0 aliphatic heterocycles. The van der Waals surface area contributed by atoms with Gasteiger partial charge in [0.05, 0.1) is 13.4 Å². The third-order valence-corrected chi connectivity index (χ3v) is 2.32. The van der Waals surface area contributed by atoms with Crippen molar-refractivity contribution in [1.29, 1.82) is 0 Å². The summed E-state index contributed by atoms with van der Waals surface area (Å²) in [6, 6.07) is 0. The van der Waals surface area contributed by atoms with Crippen LogP contribution in [0.15, 0.2) is 12.7 Å². The molecule has 0 radical (unpaired) electrons. The predicted octanol–water partition coefficient (Wildman–Crippen LogP) is 1.39. The molecule has 16 heavy (non-hydrogen) atoms. The second-order valence-corrected chi connectivity index (χ2v) is 3.26. The molecule has 0 N–H and O–H groups in total. The first-order chi connectivity index (χ1) is 7.77. The number of nitrogens with zero attached hydrogens (tertiary/aromatic N) is 4. The molecule has 2 aromatic heterocycles. The van der Waals surface area contributed by atoms with Crippen molar-refractivity contribution in [2.75, 3.05) is 13.7 Å². The standard InChI is InChI=1S/C10H14N4O2/c1-4-16-7(2)14-6-13-8-9(14)11-5-12-10(8)15-3/h5-7H,4H2,1-3H3. The van der Waals surface area contributed by atoms with Gasteiger partial charge in [0.25, 0.3) is 0 Å². The number of rotatable bonds is 4. The lowest BCUT2D eigenvalue weighted by Gasteiger charge is -2.13. The van der Waals surface area contributed by atoms with Gasteiger partial charge in [0.15, 0.2) is 11.2 Å². The summed E-state index contributed by atoms with van der Waals surface area (Å²) in [4.78, 5) is 12.4. The van der Waals surface area contributed by atoms with Crippen LogP contribution in [0.4, 0.5) is 0 Å². The molecule has 0 saturated carbocycles. The normalized spacial score (nSPS) is 12.9. The molecule has 0 aliphatic carbocycles. The predicted molar refractivity (Wildman–Crippen MR) is 58.2 cm³/mol. The Bertz CT molecular complexity index is 483. The minimum atomic E-state index is -0.102. The van der Waals surface area contributed by atoms with Gasteiger partial charge in [-0.15, -0.1) is 0 Å². The van der Waals surface area contributed by atoms with Crippen LogP contribution in [0.1, 0.15) is 20.1 Å². The van der Waals surface area contributed by atoms with Crippen LogP contribution in [0.2, 0.25) is 0 Å². The molecule has 2 rings (SSSR count). The Morgan fingerprint density at radius 1 is 1.38 bits per heavy atom. The number of imidazole rings is 1. The zero-order valence-electron chi connectivity index (χ0n) is 9.54. The van der Waals surface area contributed by atoms with Crippen molar-refractivity contribution in [3.8, 4) is 5.88 Å². The third kappa shape index (κ3) is 1.71. The first kappa shape index (κ1) is 10.8. The molecule has 6 nitrogen and oxygen atoms in total. The minimum absolute atomic E-state index is 0.102. The molecule has 0 amide bonds. The Labute approximate surface area is 93.2 Å². The van der Waals surface area contributed by atoms with Crippen LogP contribution in [-0.4, -0.2) is 33.2 Å². The summed E-state index contributed by atoms with van der Waals surface area (Å²) in [6.07, 6.45) is 3.04. The van der Waals surface area contributed by atoms with Crippen LogP contribution in [0.25, 0.3) is 11.2 Å². The Morgan fingerprint density at radius 3 is 2.88 bits per heavy atom. The Hall–Kier alpha value is -1.69. The number of aromatic nitrogens is 4. The molecule has 1 atom stereocenters. The molecular weight excluding hydrogens is 208 g/mol. The number of hydrogen-bond donors (Lipinski definition) is 0. The SMILES string of the molecule is CCOC(C)n1cnc2c(OC)ncnc21. The second-order valence-electron chi connectivity index (χ2n) is 3.26. The summed E-state index contributed by atoms with van der Waals surface area (Å²) in [5, 5.41) is 0. The zero-order chi connectivity index (χ0) is 11.5. The molecule has 6 heteroatoms. The van der Waals surface area contributed by atoms with Crippen LogP contribution >= 0.6 is 0 Å². The molecule has 2 aromatic rings. The number of ether oxygens (including phenoxy) is 2. The average molecular weight is 222 g/mol. The van der Waals surface area contributed by atoms with E-state index in [9.17, 15) is 0 Å². The zero-order valence-corrected chi connectivity index (χ0v) is 9.54. The maximum Gasteiger partial charge on any atom is 0.245 e. The van der Waals surface area contributed by atoms with E-state index >= 15 is 0 Å². The lowest BCUT2D eigenvalue weighted by atomic mass is 10.5. The van der Waals surface area contributed by atoms with Gasteiger partial charge in [-0.25, -0.2) is 9.97 Å². The van der Waals surface area contributed by atoms with Gasteiger partial charge in [-0.05, 0) is 13.8 Å². The van der Waals surface area contributed by atoms with Crippen LogP contribution < -0.4 is 4.74 Å². The summed E-state index contributed by atoms with van der Waals surface area (Å²) in [5.74, 6) is 0.479. The fourth-order valence-corrected chi connectivity index (χ4v) is 1.57. The summed E-state index contributed by atoms with van der Waals surface area (Å²) >= 11 is 0. The van der Waals surface area contributed by atoms with Crippen molar-refractivity contribution in [2.24, 2.45) is 0 Å². The highest BCUT2D eigenvalue weighted by Gasteiger charge is 2.13. The third-order valence-electron chi connectivity index (χ3n) is 2.32. The topological polar surface area (TPSA) is 62.1 Å². The monoisotopic (exact) mass is 222 g/mol. The number of hydrogen-bond acceptors (Lipinski definition) is 5. The molecule has 0 fully saturated rings. The molecule has 2 heterocycles. The fourth-order valence-electron chi connectivity index (χ4n) is 1.57. The summed E-state index contributed by atoms with van der Waals surface area (Å²) in [5.41, 5.74) is 1.37. The van der Waals surface area contributed by atoms with Gasteiger partial charge in [-0.2, -0.15) is 4.98 Å². The van der Waals surface area contributed by atoms with Gasteiger partial charge < -0.3 is 9.47 Å². The molecule has 86 valence electrons. The summed E-state index contributed by atoms with van der Waals surface area (Å²) < 4.78 is 12.5. The molecule has 0 spiro atoms. The van der Waals surface area contributed by atoms with Gasteiger partial charge >= 0.3 is 0 Å². The van der Waals surface area contributed by atoms with Gasteiger partial charge in [-0.1, -0.05) is 0 Å². The van der Waals surface area contributed by atoms with Crippen molar-refractivity contribution in [1.82, 2.24) is 19.5 Å². The summed E-state index contributed by atoms with van der Waals surface area (Å²) in [7, 11) is 1.56. The van der Waals surface area contributed by atoms with E-state index in [0.29, 0.717) is 23.7 Å². The summed E-state index contributed by atoms with van der Waals surface area (Å²) in [6.45, 7) is 4.54. The van der Waals surface area contributed by atoms with E-state index in [-0.39, 0.29) is 6.23 Å². The van der Waals surface area contributed by atoms with Crippen LogP contribution in [0, 0.1) is 0 Å². The average Bonchev–Trinajstić information content (AvgIpc) is 2.72. The van der Waals surface area contributed by atoms with E-state index < -0.39 is 0 Å². The van der Waals surface area contributed by atoms with E-state index in [1.165, 1.54) is 6.33 Å². The largest absolute Gasteiger partial charge is 0.479 e. The van der Waals surface area contributed by atoms with E-state index in [1.807, 2.05) is 18.4 Å². The smallest absolute Gasteiger partial charge is 0.245 e. The van der Waals surface area contributed by atoms with Crippen molar-refractivity contribution < 1.29 is 9.47 Å². The van der Waals surface area contributed by atoms with Crippen molar-refractivity contribution >= 4 is 11.2 Å². The lowest BCUT2D eigenvalue weighted by Crippen LogP contribution is -2.08. The van der Waals surface area contributed by atoms with E-state index in [1.54, 1.807) is 13.4 Å². The quantitative estimate of drug-likeness (QED) is 0.782. The van der Waals surface area contributed by atoms with Crippen LogP contribution in [0.3, 0.4) is 0 Å². The lowest BCUT2D eigenvalue weighted by molar-refractivity contribution is 0.0272. The van der Waals surface area contributed by atoms with E-state index in [2.05, 4.69) is 15.0 Å². The molecule has 1 unspecified atom stereocenters. The Kier molecular flexibility index (Phi) is 3.00. The van der Waals surface area contributed by atoms with E-state index in [0.717, 1.165) is 0 Å². The van der Waals surface area contributed by atoms with Crippen molar-refractivity contribution in [3.63, 3.8) is 0 Å². The van der Waals surface area contributed by atoms with Gasteiger partial charge in [-0.3, -0.25) is 4.57 Å². The highest BCUT2D eigenvalue weighted by molar-refractivity contribution is 5.75. The minimum Gasteiger partial charge on any atom is -0.479 e. The van der Waals surface area contributed by atoms with Crippen molar-refractivity contribution in [3.05, 3.63) is 12.7 Å².